The molecule has 0 atom stereocenters. The highest BCUT2D eigenvalue weighted by molar-refractivity contribution is 5.75. The number of hydrogen-bond donors (Lipinski definition) is 1. The summed E-state index contributed by atoms with van der Waals surface area (Å²) in [6.45, 7) is 0. The molecular formula is C5H8N4. The van der Waals surface area contributed by atoms with Crippen LogP contribution >= 0.6 is 0 Å². The molecule has 0 fully saturated rings. The molecule has 4 heteroatoms. The second-order valence-corrected chi connectivity index (χ2v) is 1.74. The molecule has 0 saturated heterocycles. The van der Waals surface area contributed by atoms with Crippen LogP contribution in [0.15, 0.2) is 17.6 Å². The van der Waals surface area contributed by atoms with Gasteiger partial charge < -0.3 is 10.4 Å². The Kier molecular flexibility index (Phi) is 1.48. The number of nitrogens with zero attached hydrogens (tertiary/aromatic N) is 3. The zero-order valence-electron chi connectivity index (χ0n) is 5.15. The van der Waals surface area contributed by atoms with Crippen molar-refractivity contribution in [3.8, 4) is 0 Å². The van der Waals surface area contributed by atoms with E-state index in [1.54, 1.807) is 6.33 Å². The zero-order chi connectivity index (χ0) is 6.69. The molecule has 0 spiro atoms. The van der Waals surface area contributed by atoms with E-state index in [9.17, 15) is 0 Å². The van der Waals surface area contributed by atoms with Crippen molar-refractivity contribution in [1.82, 2.24) is 9.55 Å². The molecule has 0 aliphatic carbocycles. The molecule has 0 amide bonds. The second-order valence-electron chi connectivity index (χ2n) is 1.74. The SMILES string of the molecule is Cn1cnc(/C=N/N)c1. The van der Waals surface area contributed by atoms with Crippen LogP contribution in [-0.2, 0) is 7.05 Å². The van der Waals surface area contributed by atoms with Gasteiger partial charge in [-0.1, -0.05) is 0 Å². The van der Waals surface area contributed by atoms with E-state index in [0.29, 0.717) is 0 Å². The van der Waals surface area contributed by atoms with E-state index < -0.39 is 0 Å². The second kappa shape index (κ2) is 2.30. The first-order valence-electron chi connectivity index (χ1n) is 2.54. The Labute approximate surface area is 53.0 Å². The highest BCUT2D eigenvalue weighted by Gasteiger charge is 1.87. The smallest absolute Gasteiger partial charge is 0.101 e. The molecule has 48 valence electrons. The molecule has 0 unspecified atom stereocenters. The average molecular weight is 124 g/mol. The summed E-state index contributed by atoms with van der Waals surface area (Å²) in [5, 5.41) is 3.32. The van der Waals surface area contributed by atoms with Crippen LogP contribution in [0.1, 0.15) is 5.69 Å². The van der Waals surface area contributed by atoms with Gasteiger partial charge in [0.05, 0.1) is 12.5 Å². The summed E-state index contributed by atoms with van der Waals surface area (Å²) >= 11 is 0. The molecule has 9 heavy (non-hydrogen) atoms. The van der Waals surface area contributed by atoms with Crippen LogP contribution in [-0.4, -0.2) is 15.8 Å². The van der Waals surface area contributed by atoms with Gasteiger partial charge in [0.2, 0.25) is 0 Å². The Balaban J connectivity index is 2.85. The number of nitrogens with two attached hydrogens (primary N) is 1. The molecule has 4 nitrogen and oxygen atoms in total. The van der Waals surface area contributed by atoms with Crippen molar-refractivity contribution in [2.45, 2.75) is 0 Å². The standard InChI is InChI=1S/C5H8N4/c1-9-3-5(2-8-6)7-4-9/h2-4H,6H2,1H3/b8-2+. The van der Waals surface area contributed by atoms with E-state index in [1.165, 1.54) is 6.21 Å². The van der Waals surface area contributed by atoms with Crippen LogP contribution in [0.4, 0.5) is 0 Å². The maximum Gasteiger partial charge on any atom is 0.101 e. The lowest BCUT2D eigenvalue weighted by Gasteiger charge is -1.79. The maximum absolute atomic E-state index is 4.89. The van der Waals surface area contributed by atoms with Gasteiger partial charge >= 0.3 is 0 Å². The number of hydrazone groups is 1. The molecule has 0 radical (unpaired) electrons. The summed E-state index contributed by atoms with van der Waals surface area (Å²) in [5.41, 5.74) is 0.778. The summed E-state index contributed by atoms with van der Waals surface area (Å²) in [4.78, 5) is 3.94. The van der Waals surface area contributed by atoms with Gasteiger partial charge in [0.25, 0.3) is 0 Å². The minimum atomic E-state index is 0.778. The fourth-order valence-electron chi connectivity index (χ4n) is 0.576. The molecule has 0 aromatic carbocycles. The van der Waals surface area contributed by atoms with Gasteiger partial charge in [0.1, 0.15) is 5.69 Å². The highest BCUT2D eigenvalue weighted by atomic mass is 15.1. The zero-order valence-corrected chi connectivity index (χ0v) is 5.15. The Morgan fingerprint density at radius 3 is 3.11 bits per heavy atom. The molecule has 0 bridgehead atoms. The quantitative estimate of drug-likeness (QED) is 0.318. The predicted molar refractivity (Wildman–Crippen MR) is 35.0 cm³/mol. The van der Waals surface area contributed by atoms with Crippen molar-refractivity contribution in [3.05, 3.63) is 18.2 Å². The van der Waals surface area contributed by atoms with Crippen molar-refractivity contribution >= 4 is 6.21 Å². The fourth-order valence-corrected chi connectivity index (χ4v) is 0.576. The molecule has 1 aromatic heterocycles. The van der Waals surface area contributed by atoms with Crippen LogP contribution in [0.5, 0.6) is 0 Å². The Morgan fingerprint density at radius 1 is 1.89 bits per heavy atom. The Hall–Kier alpha value is -1.32. The molecule has 2 N–H and O–H groups in total. The van der Waals surface area contributed by atoms with E-state index in [-0.39, 0.29) is 0 Å². The highest BCUT2D eigenvalue weighted by Crippen LogP contribution is 1.87. The molecule has 1 rings (SSSR count). The lowest BCUT2D eigenvalue weighted by Crippen LogP contribution is -1.85. The Morgan fingerprint density at radius 2 is 2.67 bits per heavy atom. The third kappa shape index (κ3) is 1.28. The van der Waals surface area contributed by atoms with Crippen molar-refractivity contribution < 1.29 is 0 Å². The lowest BCUT2D eigenvalue weighted by molar-refractivity contribution is 0.913. The van der Waals surface area contributed by atoms with Gasteiger partial charge in [0, 0.05) is 13.2 Å². The number of imidazole rings is 1. The van der Waals surface area contributed by atoms with E-state index >= 15 is 0 Å². The molecule has 1 heterocycles. The maximum atomic E-state index is 4.89. The van der Waals surface area contributed by atoms with Crippen LogP contribution in [0.25, 0.3) is 0 Å². The van der Waals surface area contributed by atoms with Crippen LogP contribution in [0.3, 0.4) is 0 Å². The van der Waals surface area contributed by atoms with Gasteiger partial charge in [0.15, 0.2) is 0 Å². The number of hydrogen-bond acceptors (Lipinski definition) is 3. The van der Waals surface area contributed by atoms with E-state index in [4.69, 9.17) is 5.84 Å². The van der Waals surface area contributed by atoms with E-state index in [1.807, 2.05) is 17.8 Å². The normalized spacial score (nSPS) is 10.8. The first-order chi connectivity index (χ1) is 4.33. The van der Waals surface area contributed by atoms with Gasteiger partial charge in [-0.3, -0.25) is 0 Å². The van der Waals surface area contributed by atoms with Gasteiger partial charge in [-0.25, -0.2) is 4.98 Å². The van der Waals surface area contributed by atoms with E-state index in [0.717, 1.165) is 5.69 Å². The minimum absolute atomic E-state index is 0.778. The molecule has 0 saturated carbocycles. The minimum Gasteiger partial charge on any atom is -0.340 e. The monoisotopic (exact) mass is 124 g/mol. The topological polar surface area (TPSA) is 56.2 Å². The van der Waals surface area contributed by atoms with Crippen molar-refractivity contribution in [2.24, 2.45) is 18.0 Å². The van der Waals surface area contributed by atoms with Crippen LogP contribution in [0.2, 0.25) is 0 Å². The van der Waals surface area contributed by atoms with Crippen molar-refractivity contribution in [3.63, 3.8) is 0 Å². The Bertz CT molecular complexity index is 212. The average Bonchev–Trinajstić information content (AvgIpc) is 2.17. The van der Waals surface area contributed by atoms with Gasteiger partial charge in [-0.05, 0) is 0 Å². The van der Waals surface area contributed by atoms with Crippen molar-refractivity contribution in [1.29, 1.82) is 0 Å². The molecule has 0 aliphatic rings. The molecular weight excluding hydrogens is 116 g/mol. The summed E-state index contributed by atoms with van der Waals surface area (Å²) in [5.74, 6) is 4.89. The van der Waals surface area contributed by atoms with Crippen LogP contribution in [0, 0.1) is 0 Å². The third-order valence-corrected chi connectivity index (χ3v) is 0.932. The number of aromatic nitrogens is 2. The first kappa shape index (κ1) is 5.81. The first-order valence-corrected chi connectivity index (χ1v) is 2.54. The summed E-state index contributed by atoms with van der Waals surface area (Å²) in [6, 6.07) is 0. The van der Waals surface area contributed by atoms with Gasteiger partial charge in [-0.15, -0.1) is 0 Å². The lowest BCUT2D eigenvalue weighted by atomic mass is 10.5. The fraction of sp³-hybridized carbons (Fsp3) is 0.200. The predicted octanol–water partition coefficient (Wildman–Crippen LogP) is -0.287. The summed E-state index contributed by atoms with van der Waals surface area (Å²) in [6.07, 6.45) is 5.02. The summed E-state index contributed by atoms with van der Waals surface area (Å²) < 4.78 is 1.83. The largest absolute Gasteiger partial charge is 0.340 e. The molecule has 1 aromatic rings. The van der Waals surface area contributed by atoms with E-state index in [2.05, 4.69) is 10.1 Å². The molecule has 0 aliphatic heterocycles. The van der Waals surface area contributed by atoms with Crippen molar-refractivity contribution in [2.75, 3.05) is 0 Å². The van der Waals surface area contributed by atoms with Crippen LogP contribution < -0.4 is 5.84 Å². The number of aryl methyl sites for hydroxylation is 1. The summed E-state index contributed by atoms with van der Waals surface area (Å²) in [7, 11) is 1.89. The van der Waals surface area contributed by atoms with Gasteiger partial charge in [-0.2, -0.15) is 5.10 Å². The third-order valence-electron chi connectivity index (χ3n) is 0.932. The number of rotatable bonds is 1.